The molecule has 8 nitrogen and oxygen atoms in total. The summed E-state index contributed by atoms with van der Waals surface area (Å²) in [5.74, 6) is 2.08. The van der Waals surface area contributed by atoms with Gasteiger partial charge in [-0.15, -0.1) is 10.2 Å². The summed E-state index contributed by atoms with van der Waals surface area (Å²) in [5.41, 5.74) is 0.477. The number of carbonyl (C=O) groups excluding carboxylic acids is 1. The minimum Gasteiger partial charge on any atom is -0.443 e. The summed E-state index contributed by atoms with van der Waals surface area (Å²) >= 11 is 0. The Hall–Kier alpha value is -3.34. The number of nitriles is 1. The molecule has 0 spiro atoms. The largest absolute Gasteiger partial charge is 0.443 e. The second-order valence-electron chi connectivity index (χ2n) is 5.89. The second-order valence-corrected chi connectivity index (χ2v) is 5.89. The first-order valence-corrected chi connectivity index (χ1v) is 8.05. The van der Waals surface area contributed by atoms with Crippen LogP contribution in [0.25, 0.3) is 5.88 Å². The van der Waals surface area contributed by atoms with Gasteiger partial charge in [0, 0.05) is 25.4 Å². The van der Waals surface area contributed by atoms with E-state index in [2.05, 4.69) is 21.6 Å². The zero-order valence-electron chi connectivity index (χ0n) is 13.7. The highest BCUT2D eigenvalue weighted by Crippen LogP contribution is 2.25. The maximum absolute atomic E-state index is 12.6. The van der Waals surface area contributed by atoms with Crippen molar-refractivity contribution < 1.29 is 9.21 Å². The Morgan fingerprint density at radius 2 is 2.20 bits per heavy atom. The van der Waals surface area contributed by atoms with E-state index >= 15 is 0 Å². The molecule has 0 aliphatic carbocycles. The van der Waals surface area contributed by atoms with E-state index in [1.807, 2.05) is 16.7 Å². The third-order valence-corrected chi connectivity index (χ3v) is 4.34. The van der Waals surface area contributed by atoms with Crippen molar-refractivity contribution in [2.24, 2.45) is 0 Å². The molecule has 1 N–H and O–H groups in total. The Morgan fingerprint density at radius 3 is 2.96 bits per heavy atom. The number of nitrogens with one attached hydrogen (secondary N) is 1. The highest BCUT2D eigenvalue weighted by atomic mass is 16.4. The third-order valence-electron chi connectivity index (χ3n) is 4.34. The standard InChI is InChI=1S/C17H16N6O2/c1-11-15(12(9-18)17(25-11)22-6-2-3-7-22)16(24)19-10-14-21-20-13-5-4-8-23(13)14/h2-3,6-7H,4-5,8,10H2,1H3,(H,19,24). The van der Waals surface area contributed by atoms with Gasteiger partial charge in [-0.25, -0.2) is 0 Å². The number of aryl methyl sites for hydroxylation is 2. The molecule has 1 amide bonds. The second kappa shape index (κ2) is 5.94. The summed E-state index contributed by atoms with van der Waals surface area (Å²) in [4.78, 5) is 12.6. The molecule has 4 heterocycles. The average molecular weight is 336 g/mol. The molecular weight excluding hydrogens is 320 g/mol. The number of amides is 1. The fraction of sp³-hybridized carbons (Fsp3) is 0.294. The van der Waals surface area contributed by atoms with Crippen molar-refractivity contribution in [2.75, 3.05) is 0 Å². The van der Waals surface area contributed by atoms with Gasteiger partial charge in [0.05, 0.1) is 6.54 Å². The lowest BCUT2D eigenvalue weighted by atomic mass is 10.1. The first-order chi connectivity index (χ1) is 12.2. The molecule has 3 aromatic rings. The van der Waals surface area contributed by atoms with Crippen molar-refractivity contribution >= 4 is 5.91 Å². The molecule has 3 aromatic heterocycles. The van der Waals surface area contributed by atoms with Gasteiger partial charge in [-0.1, -0.05) is 0 Å². The van der Waals surface area contributed by atoms with E-state index in [4.69, 9.17) is 4.42 Å². The van der Waals surface area contributed by atoms with Crippen LogP contribution in [-0.2, 0) is 19.5 Å². The molecule has 0 saturated heterocycles. The van der Waals surface area contributed by atoms with Crippen LogP contribution in [-0.4, -0.2) is 25.2 Å². The van der Waals surface area contributed by atoms with Crippen molar-refractivity contribution in [2.45, 2.75) is 32.9 Å². The number of nitrogens with zero attached hydrogens (tertiary/aromatic N) is 5. The van der Waals surface area contributed by atoms with Gasteiger partial charge in [-0.05, 0) is 25.5 Å². The summed E-state index contributed by atoms with van der Waals surface area (Å²) in [7, 11) is 0. The number of furan rings is 1. The lowest BCUT2D eigenvalue weighted by molar-refractivity contribution is 0.0947. The Bertz CT molecular complexity index is 974. The first kappa shape index (κ1) is 15.2. The van der Waals surface area contributed by atoms with Crippen LogP contribution < -0.4 is 5.32 Å². The molecule has 0 atom stereocenters. The van der Waals surface area contributed by atoms with Gasteiger partial charge < -0.3 is 14.3 Å². The molecule has 8 heteroatoms. The smallest absolute Gasteiger partial charge is 0.256 e. The van der Waals surface area contributed by atoms with Crippen LogP contribution in [0.15, 0.2) is 28.9 Å². The van der Waals surface area contributed by atoms with E-state index in [-0.39, 0.29) is 23.6 Å². The Kier molecular flexibility index (Phi) is 3.61. The molecule has 0 aromatic carbocycles. The molecule has 1 aliphatic rings. The van der Waals surface area contributed by atoms with Gasteiger partial charge in [0.2, 0.25) is 5.88 Å². The first-order valence-electron chi connectivity index (χ1n) is 8.05. The zero-order chi connectivity index (χ0) is 17.4. The fourth-order valence-electron chi connectivity index (χ4n) is 3.15. The Labute approximate surface area is 143 Å². The molecular formula is C17H16N6O2. The lowest BCUT2D eigenvalue weighted by Crippen LogP contribution is -2.25. The van der Waals surface area contributed by atoms with Crippen molar-refractivity contribution in [3.05, 3.63) is 53.1 Å². The van der Waals surface area contributed by atoms with Gasteiger partial charge in [0.15, 0.2) is 5.82 Å². The van der Waals surface area contributed by atoms with E-state index in [1.54, 1.807) is 23.9 Å². The molecule has 4 rings (SSSR count). The predicted octanol–water partition coefficient (Wildman–Crippen LogP) is 1.72. The number of fused-ring (bicyclic) bond motifs is 1. The number of hydrogen-bond acceptors (Lipinski definition) is 5. The number of aromatic nitrogens is 4. The zero-order valence-corrected chi connectivity index (χ0v) is 13.7. The van der Waals surface area contributed by atoms with Crippen LogP contribution in [0.3, 0.4) is 0 Å². The van der Waals surface area contributed by atoms with E-state index in [9.17, 15) is 10.1 Å². The van der Waals surface area contributed by atoms with E-state index in [1.165, 1.54) is 0 Å². The molecule has 0 bridgehead atoms. The van der Waals surface area contributed by atoms with Crippen LogP contribution in [0, 0.1) is 18.3 Å². The molecule has 25 heavy (non-hydrogen) atoms. The highest BCUT2D eigenvalue weighted by Gasteiger charge is 2.25. The van der Waals surface area contributed by atoms with Crippen molar-refractivity contribution in [3.63, 3.8) is 0 Å². The van der Waals surface area contributed by atoms with E-state index in [0.717, 1.165) is 31.0 Å². The minimum atomic E-state index is -0.355. The molecule has 1 aliphatic heterocycles. The predicted molar refractivity (Wildman–Crippen MR) is 87.0 cm³/mol. The van der Waals surface area contributed by atoms with Gasteiger partial charge in [0.1, 0.15) is 28.8 Å². The number of rotatable bonds is 4. The van der Waals surface area contributed by atoms with Gasteiger partial charge in [-0.3, -0.25) is 9.36 Å². The van der Waals surface area contributed by atoms with Crippen LogP contribution in [0.1, 0.15) is 39.8 Å². The molecule has 126 valence electrons. The number of hydrogen-bond donors (Lipinski definition) is 1. The summed E-state index contributed by atoms with van der Waals surface area (Å²) in [6.07, 6.45) is 5.49. The SMILES string of the molecule is Cc1oc(-n2cccc2)c(C#N)c1C(=O)NCc1nnc2n1CCC2. The molecule has 0 radical (unpaired) electrons. The maximum Gasteiger partial charge on any atom is 0.256 e. The third kappa shape index (κ3) is 2.50. The molecule has 0 saturated carbocycles. The Morgan fingerprint density at radius 1 is 1.40 bits per heavy atom. The van der Waals surface area contributed by atoms with E-state index in [0.29, 0.717) is 11.6 Å². The lowest BCUT2D eigenvalue weighted by Gasteiger charge is -2.05. The van der Waals surface area contributed by atoms with Gasteiger partial charge >= 0.3 is 0 Å². The Balaban J connectivity index is 1.59. The highest BCUT2D eigenvalue weighted by molar-refractivity contribution is 5.98. The van der Waals surface area contributed by atoms with Crippen LogP contribution >= 0.6 is 0 Å². The van der Waals surface area contributed by atoms with Crippen LogP contribution in [0.4, 0.5) is 0 Å². The summed E-state index contributed by atoms with van der Waals surface area (Å²) < 4.78 is 9.36. The summed E-state index contributed by atoms with van der Waals surface area (Å²) in [5, 5.41) is 20.6. The maximum atomic E-state index is 12.6. The fourth-order valence-corrected chi connectivity index (χ4v) is 3.15. The normalized spacial score (nSPS) is 12.8. The summed E-state index contributed by atoms with van der Waals surface area (Å²) in [6, 6.07) is 5.73. The van der Waals surface area contributed by atoms with Crippen molar-refractivity contribution in [1.29, 1.82) is 5.26 Å². The average Bonchev–Trinajstić information content (AvgIpc) is 3.36. The van der Waals surface area contributed by atoms with Gasteiger partial charge in [0.25, 0.3) is 5.91 Å². The van der Waals surface area contributed by atoms with Crippen LogP contribution in [0.2, 0.25) is 0 Å². The quantitative estimate of drug-likeness (QED) is 0.781. The minimum absolute atomic E-state index is 0.220. The number of carbonyl (C=O) groups is 1. The molecule has 0 fully saturated rings. The van der Waals surface area contributed by atoms with Crippen molar-refractivity contribution in [3.8, 4) is 12.0 Å². The van der Waals surface area contributed by atoms with E-state index < -0.39 is 0 Å². The van der Waals surface area contributed by atoms with Gasteiger partial charge in [-0.2, -0.15) is 5.26 Å². The van der Waals surface area contributed by atoms with Crippen LogP contribution in [0.5, 0.6) is 0 Å². The van der Waals surface area contributed by atoms with Crippen molar-refractivity contribution in [1.82, 2.24) is 24.6 Å². The molecule has 0 unspecified atom stereocenters. The summed E-state index contributed by atoms with van der Waals surface area (Å²) in [6.45, 7) is 2.82. The monoisotopic (exact) mass is 336 g/mol. The topological polar surface area (TPSA) is 102 Å².